The van der Waals surface area contributed by atoms with Crippen LogP contribution in [0.25, 0.3) is 0 Å². The Hall–Kier alpha value is -0.780. The molecule has 20 atom stereocenters. The SMILES string of the molecule is CC(C)=CCC[C@](C)(O)[C@H]1CC[C@]2(C)[C@@H]1[C@H](O)C[C@@H]1[C@]3(C)CC[C@@H](O)C(C)(C)[C@H]3[C@@H](O[C@@H]3O[C@H](CO)[C@@H](O)[C@H](O)[C@H]3O[C@@H]3OC[C@H](O)[C@H](O)[C@H]3O)C[C@]12C. The Morgan fingerprint density at radius 1 is 0.833 bits per heavy atom. The van der Waals surface area contributed by atoms with Gasteiger partial charge in [0, 0.05) is 0 Å². The monoisotopic (exact) mass is 770 g/mol. The molecule has 0 spiro atoms. The summed E-state index contributed by atoms with van der Waals surface area (Å²) < 4.78 is 24.8. The van der Waals surface area contributed by atoms with Gasteiger partial charge in [-0.2, -0.15) is 0 Å². The van der Waals surface area contributed by atoms with E-state index < -0.39 is 107 Å². The Bertz CT molecular complexity index is 1350. The summed E-state index contributed by atoms with van der Waals surface area (Å²) in [4.78, 5) is 0. The van der Waals surface area contributed by atoms with Crippen LogP contribution in [-0.4, -0.2) is 138 Å². The van der Waals surface area contributed by atoms with E-state index in [1.54, 1.807) is 0 Å². The summed E-state index contributed by atoms with van der Waals surface area (Å²) in [5.74, 6) is -0.513. The average molecular weight is 771 g/mol. The number of aliphatic hydroxyl groups is 9. The molecule has 6 aliphatic rings. The van der Waals surface area contributed by atoms with Gasteiger partial charge in [0.2, 0.25) is 0 Å². The smallest absolute Gasteiger partial charge is 0.187 e. The van der Waals surface area contributed by atoms with Crippen molar-refractivity contribution in [2.24, 2.45) is 45.3 Å². The molecule has 0 amide bonds. The van der Waals surface area contributed by atoms with E-state index in [0.29, 0.717) is 32.1 Å². The van der Waals surface area contributed by atoms with Crippen molar-refractivity contribution in [2.45, 2.75) is 186 Å². The van der Waals surface area contributed by atoms with Crippen LogP contribution in [0.2, 0.25) is 0 Å². The van der Waals surface area contributed by atoms with Gasteiger partial charge in [-0.3, -0.25) is 0 Å². The maximum absolute atomic E-state index is 12.2. The highest BCUT2D eigenvalue weighted by Gasteiger charge is 2.73. The normalized spacial score (nSPS) is 52.8. The summed E-state index contributed by atoms with van der Waals surface area (Å²) in [5, 5.41) is 99.6. The maximum Gasteiger partial charge on any atom is 0.187 e. The van der Waals surface area contributed by atoms with Gasteiger partial charge in [0.25, 0.3) is 0 Å². The zero-order valence-corrected chi connectivity index (χ0v) is 33.5. The molecule has 0 aromatic rings. The summed E-state index contributed by atoms with van der Waals surface area (Å²) in [6.45, 7) is 16.0. The van der Waals surface area contributed by atoms with E-state index in [2.05, 4.69) is 40.7 Å². The van der Waals surface area contributed by atoms with Crippen LogP contribution in [0.1, 0.15) is 107 Å². The van der Waals surface area contributed by atoms with E-state index in [4.69, 9.17) is 18.9 Å². The fraction of sp³-hybridized carbons (Fsp3) is 0.951. The van der Waals surface area contributed by atoms with E-state index in [0.717, 1.165) is 19.3 Å². The number of hydrogen-bond donors (Lipinski definition) is 9. The van der Waals surface area contributed by atoms with Crippen molar-refractivity contribution in [1.82, 2.24) is 0 Å². The topological polar surface area (TPSA) is 219 Å². The van der Waals surface area contributed by atoms with Crippen LogP contribution >= 0.6 is 0 Å². The molecule has 6 fully saturated rings. The molecule has 0 aromatic heterocycles. The van der Waals surface area contributed by atoms with Crippen molar-refractivity contribution in [2.75, 3.05) is 13.2 Å². The van der Waals surface area contributed by atoms with Crippen LogP contribution in [0.5, 0.6) is 0 Å². The maximum atomic E-state index is 12.2. The van der Waals surface area contributed by atoms with Crippen molar-refractivity contribution >= 4 is 0 Å². The van der Waals surface area contributed by atoms with E-state index in [9.17, 15) is 46.0 Å². The second kappa shape index (κ2) is 15.1. The second-order valence-corrected chi connectivity index (χ2v) is 19.8. The molecule has 0 unspecified atom stereocenters. The molecule has 2 saturated heterocycles. The van der Waals surface area contributed by atoms with E-state index in [1.807, 2.05) is 20.8 Å². The number of hydrogen-bond acceptors (Lipinski definition) is 13. The number of fused-ring (bicyclic) bond motifs is 5. The predicted octanol–water partition coefficient (Wildman–Crippen LogP) is 1.76. The van der Waals surface area contributed by atoms with Gasteiger partial charge in [0.15, 0.2) is 12.6 Å². The van der Waals surface area contributed by atoms with Gasteiger partial charge in [-0.25, -0.2) is 0 Å². The lowest BCUT2D eigenvalue weighted by Gasteiger charge is -2.72. The molecule has 9 N–H and O–H groups in total. The molecule has 13 heteroatoms. The highest BCUT2D eigenvalue weighted by molar-refractivity contribution is 5.22. The second-order valence-electron chi connectivity index (χ2n) is 19.8. The van der Waals surface area contributed by atoms with Gasteiger partial charge in [0.05, 0.1) is 37.1 Å². The summed E-state index contributed by atoms with van der Waals surface area (Å²) in [7, 11) is 0. The van der Waals surface area contributed by atoms with Crippen LogP contribution in [0.4, 0.5) is 0 Å². The molecule has 4 aliphatic carbocycles. The van der Waals surface area contributed by atoms with Gasteiger partial charge < -0.3 is 64.9 Å². The fourth-order valence-electron chi connectivity index (χ4n) is 13.1. The highest BCUT2D eigenvalue weighted by Crippen LogP contribution is 2.76. The fourth-order valence-corrected chi connectivity index (χ4v) is 13.1. The van der Waals surface area contributed by atoms with Crippen molar-refractivity contribution < 1.29 is 64.9 Å². The van der Waals surface area contributed by atoms with Gasteiger partial charge >= 0.3 is 0 Å². The molecule has 2 heterocycles. The van der Waals surface area contributed by atoms with E-state index in [-0.39, 0.29) is 30.3 Å². The molecule has 54 heavy (non-hydrogen) atoms. The molecular weight excluding hydrogens is 700 g/mol. The van der Waals surface area contributed by atoms with Crippen LogP contribution < -0.4 is 0 Å². The van der Waals surface area contributed by atoms with Gasteiger partial charge in [-0.1, -0.05) is 46.3 Å². The van der Waals surface area contributed by atoms with Crippen molar-refractivity contribution in [3.05, 3.63) is 11.6 Å². The summed E-state index contributed by atoms with van der Waals surface area (Å²) >= 11 is 0. The zero-order valence-electron chi connectivity index (χ0n) is 33.5. The first kappa shape index (κ1) is 42.8. The molecule has 6 rings (SSSR count). The number of allylic oxidation sites excluding steroid dienone is 2. The first-order valence-electron chi connectivity index (χ1n) is 20.4. The van der Waals surface area contributed by atoms with Gasteiger partial charge in [-0.15, -0.1) is 0 Å². The van der Waals surface area contributed by atoms with E-state index in [1.165, 1.54) is 5.57 Å². The minimum atomic E-state index is -1.68. The van der Waals surface area contributed by atoms with Crippen molar-refractivity contribution in [1.29, 1.82) is 0 Å². The van der Waals surface area contributed by atoms with Crippen LogP contribution in [0, 0.1) is 45.3 Å². The lowest BCUT2D eigenvalue weighted by Crippen LogP contribution is -2.71. The largest absolute Gasteiger partial charge is 0.394 e. The molecule has 0 radical (unpaired) electrons. The first-order valence-corrected chi connectivity index (χ1v) is 20.4. The Morgan fingerprint density at radius 3 is 2.17 bits per heavy atom. The van der Waals surface area contributed by atoms with Crippen LogP contribution in [0.15, 0.2) is 11.6 Å². The number of ether oxygens (including phenoxy) is 4. The lowest BCUT2D eigenvalue weighted by molar-refractivity contribution is -0.377. The minimum absolute atomic E-state index is 0.0443. The van der Waals surface area contributed by atoms with Crippen LogP contribution in [-0.2, 0) is 18.9 Å². The van der Waals surface area contributed by atoms with E-state index >= 15 is 0 Å². The van der Waals surface area contributed by atoms with Crippen LogP contribution in [0.3, 0.4) is 0 Å². The molecule has 0 bridgehead atoms. The highest BCUT2D eigenvalue weighted by atomic mass is 16.8. The lowest BCUT2D eigenvalue weighted by atomic mass is 9.34. The minimum Gasteiger partial charge on any atom is -0.394 e. The first-order chi connectivity index (χ1) is 25.0. The third-order valence-corrected chi connectivity index (χ3v) is 16.1. The third-order valence-electron chi connectivity index (χ3n) is 16.1. The van der Waals surface area contributed by atoms with Gasteiger partial charge in [0.1, 0.15) is 42.7 Å². The van der Waals surface area contributed by atoms with Crippen molar-refractivity contribution in [3.63, 3.8) is 0 Å². The third kappa shape index (κ3) is 6.86. The number of aliphatic hydroxyl groups excluding tert-OH is 8. The Balaban J connectivity index is 1.38. The summed E-state index contributed by atoms with van der Waals surface area (Å²) in [6.07, 6.45) is -7.90. The zero-order chi connectivity index (χ0) is 39.9. The quantitative estimate of drug-likeness (QED) is 0.121. The molecule has 13 nitrogen and oxygen atoms in total. The summed E-state index contributed by atoms with van der Waals surface area (Å²) in [5.41, 5.74) is -1.69. The Morgan fingerprint density at radius 2 is 1.52 bits per heavy atom. The molecular formula is C41H70O13. The van der Waals surface area contributed by atoms with Gasteiger partial charge in [-0.05, 0) is 117 Å². The Labute approximate surface area is 320 Å². The number of rotatable bonds is 9. The molecule has 0 aromatic carbocycles. The molecule has 312 valence electrons. The standard InChI is InChI=1S/C41H70O13/c1-20(2)10-9-13-41(8,50)21-11-15-39(6)28(21)22(43)16-26-38(5)14-12-27(45)37(3,4)34(38)24(17-40(26,39)7)52-36-33(31(48)30(47)25(18-42)53-36)54-35-32(49)29(46)23(44)19-51-35/h10,21-36,42-50H,9,11-19H2,1-8H3/t21-,22+,23-,24-,25+,26+,27+,28-,29-,30+,31-,32+,33+,34+,35-,36+,38-,39+,40+,41-/m0/s1. The molecule has 4 saturated carbocycles. The average Bonchev–Trinajstić information content (AvgIpc) is 3.48. The summed E-state index contributed by atoms with van der Waals surface area (Å²) in [6, 6.07) is 0. The molecule has 2 aliphatic heterocycles. The van der Waals surface area contributed by atoms with Crippen molar-refractivity contribution in [3.8, 4) is 0 Å². The Kier molecular flexibility index (Phi) is 12.0. The predicted molar refractivity (Wildman–Crippen MR) is 196 cm³/mol.